The summed E-state index contributed by atoms with van der Waals surface area (Å²) >= 11 is 0. The van der Waals surface area contributed by atoms with E-state index in [9.17, 15) is 52.7 Å². The second-order valence-corrected chi connectivity index (χ2v) is 3.54. The van der Waals surface area contributed by atoms with Crippen molar-refractivity contribution in [2.75, 3.05) is 0 Å². The summed E-state index contributed by atoms with van der Waals surface area (Å²) < 4.78 is 127. The first-order valence-electron chi connectivity index (χ1n) is 5.73. The van der Waals surface area contributed by atoms with E-state index in [2.05, 4.69) is 0 Å². The van der Waals surface area contributed by atoms with Gasteiger partial charge < -0.3 is 35.5 Å². The van der Waals surface area contributed by atoms with Gasteiger partial charge in [-0.25, -0.2) is 19.2 Å². The molecule has 0 amide bonds. The summed E-state index contributed by atoms with van der Waals surface area (Å²) in [6, 6.07) is 0. The number of hydrogen-bond donors (Lipinski definition) is 6. The monoisotopic (exact) mass is 524 g/mol. The van der Waals surface area contributed by atoms with Crippen LogP contribution in [0.4, 0.5) is 52.7 Å². The van der Waals surface area contributed by atoms with Crippen LogP contribution in [-0.2, 0) is 19.2 Å². The molecular formula is C8H6BF12LiO11. The first-order valence-corrected chi connectivity index (χ1v) is 5.73. The molecule has 11 nitrogen and oxygen atoms in total. The quantitative estimate of drug-likeness (QED) is 0.138. The molecule has 0 heterocycles. The molecule has 0 spiro atoms. The van der Waals surface area contributed by atoms with Gasteiger partial charge in [0.15, 0.2) is 0 Å². The van der Waals surface area contributed by atoms with Crippen LogP contribution in [0.5, 0.6) is 0 Å². The second-order valence-electron chi connectivity index (χ2n) is 3.54. The van der Waals surface area contributed by atoms with Gasteiger partial charge in [-0.15, -0.1) is 0 Å². The Bertz CT molecular complexity index is 485. The third-order valence-electron chi connectivity index (χ3n) is 0.970. The number of carbonyl (C=O) groups is 4. The van der Waals surface area contributed by atoms with Gasteiger partial charge in [0.05, 0.1) is 0 Å². The Labute approximate surface area is 183 Å². The van der Waals surface area contributed by atoms with Crippen molar-refractivity contribution in [1.29, 1.82) is 0 Å². The first kappa shape index (κ1) is 44.3. The van der Waals surface area contributed by atoms with Crippen molar-refractivity contribution in [3.8, 4) is 0 Å². The molecule has 0 aliphatic rings. The van der Waals surface area contributed by atoms with Gasteiger partial charge in [0.25, 0.3) is 0 Å². The van der Waals surface area contributed by atoms with E-state index in [1.807, 2.05) is 0 Å². The van der Waals surface area contributed by atoms with Gasteiger partial charge in [-0.3, -0.25) is 0 Å². The SMILES string of the molecule is O=C(O)C(F)(F)F.O=C(O)C(F)(F)F.O=C(O)C(F)(F)F.O=C(O)C(F)(F)F.[Li+].[O-]B(O)O. The zero-order valence-corrected chi connectivity index (χ0v) is 14.8. The Balaban J connectivity index is -0.0000000693. The number of halogens is 12. The van der Waals surface area contributed by atoms with Gasteiger partial charge in [-0.1, -0.05) is 0 Å². The summed E-state index contributed by atoms with van der Waals surface area (Å²) in [4.78, 5) is 35.6. The fraction of sp³-hybridized carbons (Fsp3) is 0.500. The van der Waals surface area contributed by atoms with Crippen LogP contribution < -0.4 is 23.9 Å². The number of rotatable bonds is 0. The van der Waals surface area contributed by atoms with Crippen LogP contribution >= 0.6 is 0 Å². The number of carboxylic acids is 4. The van der Waals surface area contributed by atoms with Gasteiger partial charge in [0.1, 0.15) is 0 Å². The molecule has 0 saturated heterocycles. The van der Waals surface area contributed by atoms with Crippen LogP contribution in [0.1, 0.15) is 0 Å². The Morgan fingerprint density at radius 2 is 0.515 bits per heavy atom. The van der Waals surface area contributed by atoms with E-state index in [1.165, 1.54) is 0 Å². The van der Waals surface area contributed by atoms with Crippen molar-refractivity contribution in [2.45, 2.75) is 24.7 Å². The molecular weight excluding hydrogens is 518 g/mol. The zero-order chi connectivity index (χ0) is 27.9. The molecule has 192 valence electrons. The maximum absolute atomic E-state index is 10.6. The Morgan fingerprint density at radius 3 is 0.515 bits per heavy atom. The molecule has 0 unspecified atom stereocenters. The molecule has 6 N–H and O–H groups in total. The van der Waals surface area contributed by atoms with Crippen molar-refractivity contribution in [1.82, 2.24) is 0 Å². The first-order chi connectivity index (χ1) is 13.5. The van der Waals surface area contributed by atoms with E-state index >= 15 is 0 Å². The predicted molar refractivity (Wildman–Crippen MR) is 65.0 cm³/mol. The third kappa shape index (κ3) is 48.3. The number of alkyl halides is 12. The van der Waals surface area contributed by atoms with Crippen LogP contribution in [0.15, 0.2) is 0 Å². The van der Waals surface area contributed by atoms with Gasteiger partial charge in [0.2, 0.25) is 0 Å². The molecule has 25 heteroatoms. The zero-order valence-electron chi connectivity index (χ0n) is 14.8. The average Bonchev–Trinajstić information content (AvgIpc) is 2.44. The number of hydrogen-bond acceptors (Lipinski definition) is 7. The Kier molecular flexibility index (Phi) is 24.2. The topological polar surface area (TPSA) is 213 Å². The van der Waals surface area contributed by atoms with Crippen molar-refractivity contribution >= 4 is 31.2 Å². The predicted octanol–water partition coefficient (Wildman–Crippen LogP) is -3.15. The van der Waals surface area contributed by atoms with E-state index < -0.39 is 55.9 Å². The minimum atomic E-state index is -5.08. The molecule has 0 rings (SSSR count). The van der Waals surface area contributed by atoms with Crippen molar-refractivity contribution in [3.05, 3.63) is 0 Å². The third-order valence-corrected chi connectivity index (χ3v) is 0.970. The molecule has 0 aromatic rings. The number of aliphatic carboxylic acids is 4. The van der Waals surface area contributed by atoms with Gasteiger partial charge in [0, 0.05) is 0 Å². The van der Waals surface area contributed by atoms with Crippen LogP contribution in [-0.4, -0.2) is 86.4 Å². The molecule has 0 saturated carbocycles. The van der Waals surface area contributed by atoms with Crippen LogP contribution in [0.2, 0.25) is 0 Å². The normalized spacial score (nSPS) is 10.4. The van der Waals surface area contributed by atoms with E-state index in [4.69, 9.17) is 54.7 Å². The molecule has 0 aromatic carbocycles. The molecule has 0 aliphatic heterocycles. The van der Waals surface area contributed by atoms with Crippen molar-refractivity contribution in [2.24, 2.45) is 0 Å². The fourth-order valence-electron chi connectivity index (χ4n) is 0. The van der Waals surface area contributed by atoms with E-state index in [-0.39, 0.29) is 18.9 Å². The largest absolute Gasteiger partial charge is 1.00 e. The summed E-state index contributed by atoms with van der Waals surface area (Å²) in [5.41, 5.74) is 0. The van der Waals surface area contributed by atoms with Gasteiger partial charge >= 0.3 is 74.8 Å². The summed E-state index contributed by atoms with van der Waals surface area (Å²) in [6.07, 6.45) is -20.3. The molecule has 0 fully saturated rings. The van der Waals surface area contributed by atoms with Gasteiger partial charge in [-0.05, 0) is 0 Å². The van der Waals surface area contributed by atoms with Crippen molar-refractivity contribution < 1.29 is 126 Å². The molecule has 0 bridgehead atoms. The van der Waals surface area contributed by atoms with Crippen LogP contribution in [0.25, 0.3) is 0 Å². The van der Waals surface area contributed by atoms with Crippen molar-refractivity contribution in [3.63, 3.8) is 0 Å². The maximum Gasteiger partial charge on any atom is 1.00 e. The summed E-state index contributed by atoms with van der Waals surface area (Å²) in [6.45, 7) is 0. The molecule has 0 aromatic heterocycles. The fourth-order valence-corrected chi connectivity index (χ4v) is 0. The molecule has 0 atom stereocenters. The van der Waals surface area contributed by atoms with E-state index in [0.717, 1.165) is 0 Å². The van der Waals surface area contributed by atoms with E-state index in [1.54, 1.807) is 0 Å². The molecule has 0 aliphatic carbocycles. The minimum absolute atomic E-state index is 0. The van der Waals surface area contributed by atoms with E-state index in [0.29, 0.717) is 0 Å². The second kappa shape index (κ2) is 18.1. The summed E-state index contributed by atoms with van der Waals surface area (Å²) in [5, 5.41) is 51.2. The number of carboxylic acid groups (broad SMARTS) is 4. The standard InChI is InChI=1S/4C2HF3O2.BH2O3.Li/c4*3-2(4,5)1(6)7;2-1(3)4;/h4*(H,6,7);2-3H;/q;;;;-1;+1. The maximum atomic E-state index is 10.6. The average molecular weight is 524 g/mol. The Morgan fingerprint density at radius 1 is 0.485 bits per heavy atom. The summed E-state index contributed by atoms with van der Waals surface area (Å²) in [5.74, 6) is -11.0. The summed E-state index contributed by atoms with van der Waals surface area (Å²) in [7, 11) is -2.42. The van der Waals surface area contributed by atoms with Crippen LogP contribution in [0, 0.1) is 0 Å². The van der Waals surface area contributed by atoms with Gasteiger partial charge in [-0.2, -0.15) is 52.7 Å². The van der Waals surface area contributed by atoms with Crippen LogP contribution in [0.3, 0.4) is 0 Å². The molecule has 0 radical (unpaired) electrons. The molecule has 33 heavy (non-hydrogen) atoms. The Hall–Kier alpha value is -2.42. The minimum Gasteiger partial charge on any atom is -0.832 e. The smallest absolute Gasteiger partial charge is 0.832 e.